The molecule has 1 saturated heterocycles. The van der Waals surface area contributed by atoms with Crippen LogP contribution >= 0.6 is 0 Å². The molecular weight excluding hydrogens is 296 g/mol. The van der Waals surface area contributed by atoms with Gasteiger partial charge in [-0.15, -0.1) is 0 Å². The Kier molecular flexibility index (Phi) is 5.98. The van der Waals surface area contributed by atoms with E-state index in [2.05, 4.69) is 9.64 Å². The third-order valence-corrected chi connectivity index (χ3v) is 4.07. The van der Waals surface area contributed by atoms with E-state index in [9.17, 15) is 9.59 Å². The van der Waals surface area contributed by atoms with Gasteiger partial charge in [0.2, 0.25) is 5.91 Å². The Morgan fingerprint density at radius 3 is 2.43 bits per heavy atom. The van der Waals surface area contributed by atoms with Crippen LogP contribution in [0, 0.1) is 5.92 Å². The van der Waals surface area contributed by atoms with Gasteiger partial charge in [-0.3, -0.25) is 9.59 Å². The van der Waals surface area contributed by atoms with Gasteiger partial charge >= 0.3 is 5.97 Å². The molecule has 0 radical (unpaired) electrons. The third kappa shape index (κ3) is 4.45. The average Bonchev–Trinajstić information content (AvgIpc) is 2.61. The van der Waals surface area contributed by atoms with Gasteiger partial charge in [-0.25, -0.2) is 0 Å². The molecule has 1 atom stereocenters. The molecule has 1 amide bonds. The summed E-state index contributed by atoms with van der Waals surface area (Å²) in [6, 6.07) is 7.86. The molecule has 0 saturated carbocycles. The van der Waals surface area contributed by atoms with E-state index in [1.807, 2.05) is 24.3 Å². The molecule has 0 spiro atoms. The lowest BCUT2D eigenvalue weighted by Gasteiger charge is -2.29. The van der Waals surface area contributed by atoms with Crippen molar-refractivity contribution in [2.75, 3.05) is 50.3 Å². The van der Waals surface area contributed by atoms with Gasteiger partial charge in [-0.1, -0.05) is 6.92 Å². The summed E-state index contributed by atoms with van der Waals surface area (Å²) in [7, 11) is 3.05. The fourth-order valence-corrected chi connectivity index (χ4v) is 2.54. The van der Waals surface area contributed by atoms with Gasteiger partial charge in [-0.2, -0.15) is 0 Å². The summed E-state index contributed by atoms with van der Waals surface area (Å²) < 4.78 is 10.0. The standard InChI is InChI=1S/C17H24N2O4/c1-13(17(21)22-3)12-16(20)18(2)14-4-6-15(7-5-14)19-8-10-23-11-9-19/h4-7,13H,8-12H2,1-3H3. The molecule has 6 heteroatoms. The van der Waals surface area contributed by atoms with Crippen LogP contribution in [0.5, 0.6) is 0 Å². The Labute approximate surface area is 137 Å². The van der Waals surface area contributed by atoms with Crippen LogP contribution in [0.15, 0.2) is 24.3 Å². The molecule has 23 heavy (non-hydrogen) atoms. The van der Waals surface area contributed by atoms with Gasteiger partial charge in [0.1, 0.15) is 0 Å². The lowest BCUT2D eigenvalue weighted by molar-refractivity contribution is -0.146. The quantitative estimate of drug-likeness (QED) is 0.773. The summed E-state index contributed by atoms with van der Waals surface area (Å²) in [6.07, 6.45) is 0.133. The zero-order valence-electron chi connectivity index (χ0n) is 13.9. The summed E-state index contributed by atoms with van der Waals surface area (Å²) in [5.41, 5.74) is 1.94. The van der Waals surface area contributed by atoms with Crippen molar-refractivity contribution in [2.24, 2.45) is 5.92 Å². The third-order valence-electron chi connectivity index (χ3n) is 4.07. The molecule has 2 rings (SSSR count). The van der Waals surface area contributed by atoms with Crippen LogP contribution < -0.4 is 9.80 Å². The van der Waals surface area contributed by atoms with Crippen LogP contribution in [0.3, 0.4) is 0 Å². The minimum absolute atomic E-state index is 0.109. The van der Waals surface area contributed by atoms with Crippen molar-refractivity contribution < 1.29 is 19.1 Å². The van der Waals surface area contributed by atoms with E-state index in [1.54, 1.807) is 18.9 Å². The van der Waals surface area contributed by atoms with E-state index in [1.165, 1.54) is 7.11 Å². The first kappa shape index (κ1) is 17.3. The van der Waals surface area contributed by atoms with Gasteiger partial charge in [0, 0.05) is 37.9 Å². The molecule has 1 aliphatic heterocycles. The number of ether oxygens (including phenoxy) is 2. The predicted octanol–water partition coefficient (Wildman–Crippen LogP) is 1.69. The number of hydrogen-bond donors (Lipinski definition) is 0. The molecule has 126 valence electrons. The number of methoxy groups -OCH3 is 1. The first-order valence-corrected chi connectivity index (χ1v) is 7.80. The maximum absolute atomic E-state index is 12.3. The van der Waals surface area contributed by atoms with Crippen molar-refractivity contribution in [1.82, 2.24) is 0 Å². The SMILES string of the molecule is COC(=O)C(C)CC(=O)N(C)c1ccc(N2CCOCC2)cc1. The highest BCUT2D eigenvalue weighted by molar-refractivity contribution is 5.95. The number of rotatable bonds is 5. The summed E-state index contributed by atoms with van der Waals surface area (Å²) in [4.78, 5) is 27.5. The topological polar surface area (TPSA) is 59.1 Å². The van der Waals surface area contributed by atoms with E-state index in [-0.39, 0.29) is 18.3 Å². The fourth-order valence-electron chi connectivity index (χ4n) is 2.54. The van der Waals surface area contributed by atoms with Gasteiger partial charge in [0.25, 0.3) is 0 Å². The highest BCUT2D eigenvalue weighted by Crippen LogP contribution is 2.22. The van der Waals surface area contributed by atoms with Crippen LogP contribution in [-0.4, -0.2) is 52.3 Å². The molecule has 1 aromatic carbocycles. The number of nitrogens with zero attached hydrogens (tertiary/aromatic N) is 2. The lowest BCUT2D eigenvalue weighted by atomic mass is 10.1. The molecule has 0 bridgehead atoms. The van der Waals surface area contributed by atoms with Crippen molar-refractivity contribution in [1.29, 1.82) is 0 Å². The second-order valence-electron chi connectivity index (χ2n) is 5.70. The molecule has 0 N–H and O–H groups in total. The summed E-state index contributed by atoms with van der Waals surface area (Å²) in [6.45, 7) is 4.94. The van der Waals surface area contributed by atoms with E-state index in [0.29, 0.717) is 0 Å². The molecular formula is C17H24N2O4. The first-order valence-electron chi connectivity index (χ1n) is 7.80. The number of benzene rings is 1. The maximum Gasteiger partial charge on any atom is 0.308 e. The largest absolute Gasteiger partial charge is 0.469 e. The highest BCUT2D eigenvalue weighted by atomic mass is 16.5. The van der Waals surface area contributed by atoms with Gasteiger partial charge in [0.15, 0.2) is 0 Å². The smallest absolute Gasteiger partial charge is 0.308 e. The Balaban J connectivity index is 1.97. The number of carbonyl (C=O) groups is 2. The number of esters is 1. The monoisotopic (exact) mass is 320 g/mol. The molecule has 1 aliphatic rings. The molecule has 1 unspecified atom stereocenters. The zero-order chi connectivity index (χ0) is 16.8. The number of anilines is 2. The van der Waals surface area contributed by atoms with Crippen molar-refractivity contribution in [3.63, 3.8) is 0 Å². The summed E-state index contributed by atoms with van der Waals surface area (Å²) in [5.74, 6) is -0.918. The number of morpholine rings is 1. The van der Waals surface area contributed by atoms with E-state index < -0.39 is 5.92 Å². The molecule has 0 aromatic heterocycles. The van der Waals surface area contributed by atoms with Crippen molar-refractivity contribution in [3.05, 3.63) is 24.3 Å². The van der Waals surface area contributed by atoms with Crippen LogP contribution in [0.2, 0.25) is 0 Å². The van der Waals surface area contributed by atoms with Gasteiger partial charge in [0.05, 0.1) is 26.2 Å². The van der Waals surface area contributed by atoms with E-state index >= 15 is 0 Å². The van der Waals surface area contributed by atoms with Crippen molar-refractivity contribution in [2.45, 2.75) is 13.3 Å². The lowest BCUT2D eigenvalue weighted by Crippen LogP contribution is -2.36. The van der Waals surface area contributed by atoms with Gasteiger partial charge in [-0.05, 0) is 24.3 Å². The van der Waals surface area contributed by atoms with Crippen LogP contribution in [0.4, 0.5) is 11.4 Å². The van der Waals surface area contributed by atoms with Crippen LogP contribution in [-0.2, 0) is 19.1 Å². The van der Waals surface area contributed by atoms with Crippen LogP contribution in [0.25, 0.3) is 0 Å². The van der Waals surface area contributed by atoms with E-state index in [0.717, 1.165) is 37.7 Å². The van der Waals surface area contributed by atoms with Crippen LogP contribution in [0.1, 0.15) is 13.3 Å². The number of hydrogen-bond acceptors (Lipinski definition) is 5. The Bertz CT molecular complexity index is 538. The summed E-state index contributed by atoms with van der Waals surface area (Å²) >= 11 is 0. The Morgan fingerprint density at radius 2 is 1.87 bits per heavy atom. The minimum Gasteiger partial charge on any atom is -0.469 e. The minimum atomic E-state index is -0.442. The summed E-state index contributed by atoms with van der Waals surface area (Å²) in [5, 5.41) is 0. The second kappa shape index (κ2) is 7.97. The van der Waals surface area contributed by atoms with Gasteiger partial charge < -0.3 is 19.3 Å². The number of amides is 1. The molecule has 6 nitrogen and oxygen atoms in total. The second-order valence-corrected chi connectivity index (χ2v) is 5.70. The Morgan fingerprint density at radius 1 is 1.26 bits per heavy atom. The Hall–Kier alpha value is -2.08. The van der Waals surface area contributed by atoms with E-state index in [4.69, 9.17) is 4.74 Å². The van der Waals surface area contributed by atoms with Crippen molar-refractivity contribution >= 4 is 23.3 Å². The normalized spacial score (nSPS) is 15.9. The predicted molar refractivity (Wildman–Crippen MR) is 88.7 cm³/mol. The molecule has 1 fully saturated rings. The zero-order valence-corrected chi connectivity index (χ0v) is 13.9. The first-order chi connectivity index (χ1) is 11.0. The molecule has 1 aromatic rings. The molecule has 0 aliphatic carbocycles. The van der Waals surface area contributed by atoms with Crippen molar-refractivity contribution in [3.8, 4) is 0 Å². The highest BCUT2D eigenvalue weighted by Gasteiger charge is 2.20. The average molecular weight is 320 g/mol. The maximum atomic E-state index is 12.3. The fraction of sp³-hybridized carbons (Fsp3) is 0.529. The molecule has 1 heterocycles. The number of carbonyl (C=O) groups excluding carboxylic acids is 2.